The van der Waals surface area contributed by atoms with Gasteiger partial charge in [0.2, 0.25) is 5.91 Å². The number of rotatable bonds is 3. The number of aromatic amines is 1. The molecule has 1 aromatic heterocycles. The van der Waals surface area contributed by atoms with E-state index in [0.29, 0.717) is 19.4 Å². The lowest BCUT2D eigenvalue weighted by Gasteiger charge is -2.27. The fraction of sp³-hybridized carbons (Fsp3) is 0.286. The van der Waals surface area contributed by atoms with Crippen molar-refractivity contribution in [3.05, 3.63) is 70.7 Å². The maximum Gasteiger partial charge on any atom is 0.223 e. The lowest BCUT2D eigenvalue weighted by Crippen LogP contribution is -2.35. The molecule has 4 rings (SSSR count). The Bertz CT molecular complexity index is 944. The topological polar surface area (TPSA) is 36.1 Å². The monoisotopic (exact) mass is 336 g/mol. The molecule has 2 heterocycles. The minimum absolute atomic E-state index is 0.136. The van der Waals surface area contributed by atoms with Gasteiger partial charge in [0.1, 0.15) is 5.82 Å². The highest BCUT2D eigenvalue weighted by atomic mass is 19.1. The van der Waals surface area contributed by atoms with Crippen LogP contribution in [0.15, 0.2) is 42.5 Å². The van der Waals surface area contributed by atoms with E-state index < -0.39 is 0 Å². The van der Waals surface area contributed by atoms with E-state index in [1.807, 2.05) is 11.0 Å². The highest BCUT2D eigenvalue weighted by Crippen LogP contribution is 2.28. The lowest BCUT2D eigenvalue weighted by atomic mass is 10.0. The van der Waals surface area contributed by atoms with E-state index in [1.165, 1.54) is 34.3 Å². The largest absolute Gasteiger partial charge is 0.358 e. The zero-order chi connectivity index (χ0) is 17.4. The van der Waals surface area contributed by atoms with E-state index in [2.05, 4.69) is 30.1 Å². The molecule has 25 heavy (non-hydrogen) atoms. The Kier molecular flexibility index (Phi) is 4.04. The van der Waals surface area contributed by atoms with Gasteiger partial charge in [0.25, 0.3) is 0 Å². The molecular formula is C21H21FN2O. The van der Waals surface area contributed by atoms with Gasteiger partial charge in [-0.15, -0.1) is 0 Å². The smallest absolute Gasteiger partial charge is 0.223 e. The third kappa shape index (κ3) is 3.16. The highest BCUT2D eigenvalue weighted by Gasteiger charge is 2.23. The van der Waals surface area contributed by atoms with Crippen LogP contribution >= 0.6 is 0 Å². The summed E-state index contributed by atoms with van der Waals surface area (Å²) in [4.78, 5) is 18.0. The van der Waals surface area contributed by atoms with Crippen molar-refractivity contribution in [2.75, 3.05) is 6.54 Å². The molecule has 3 nitrogen and oxygen atoms in total. The van der Waals surface area contributed by atoms with E-state index in [9.17, 15) is 9.18 Å². The summed E-state index contributed by atoms with van der Waals surface area (Å²) in [6, 6.07) is 12.9. The molecule has 0 unspecified atom stereocenters. The number of fused-ring (bicyclic) bond motifs is 3. The number of H-pyrrole nitrogens is 1. The van der Waals surface area contributed by atoms with Crippen molar-refractivity contribution in [3.8, 4) is 0 Å². The van der Waals surface area contributed by atoms with Gasteiger partial charge in [0.05, 0.1) is 0 Å². The predicted molar refractivity (Wildman–Crippen MR) is 96.9 cm³/mol. The molecule has 0 fully saturated rings. The summed E-state index contributed by atoms with van der Waals surface area (Å²) in [6.07, 6.45) is 1.85. The van der Waals surface area contributed by atoms with Crippen LogP contribution in [-0.2, 0) is 24.2 Å². The average molecular weight is 336 g/mol. The summed E-state index contributed by atoms with van der Waals surface area (Å²) < 4.78 is 13.3. The molecule has 128 valence electrons. The van der Waals surface area contributed by atoms with Crippen molar-refractivity contribution >= 4 is 16.8 Å². The van der Waals surface area contributed by atoms with Crippen LogP contribution in [0.4, 0.5) is 4.39 Å². The number of nitrogens with one attached hydrogen (secondary N) is 1. The summed E-state index contributed by atoms with van der Waals surface area (Å²) in [6.45, 7) is 3.48. The van der Waals surface area contributed by atoms with Gasteiger partial charge in [-0.1, -0.05) is 23.8 Å². The molecule has 1 amide bonds. The van der Waals surface area contributed by atoms with Crippen LogP contribution in [-0.4, -0.2) is 22.3 Å². The Morgan fingerprint density at radius 1 is 1.24 bits per heavy atom. The van der Waals surface area contributed by atoms with Crippen LogP contribution < -0.4 is 0 Å². The first kappa shape index (κ1) is 15.9. The molecule has 0 atom stereocenters. The first-order valence-electron chi connectivity index (χ1n) is 8.72. The van der Waals surface area contributed by atoms with Crippen molar-refractivity contribution < 1.29 is 9.18 Å². The van der Waals surface area contributed by atoms with E-state index in [0.717, 1.165) is 24.0 Å². The van der Waals surface area contributed by atoms with Gasteiger partial charge in [0, 0.05) is 48.1 Å². The molecule has 0 saturated carbocycles. The van der Waals surface area contributed by atoms with Crippen LogP contribution in [0, 0.1) is 12.7 Å². The number of amides is 1. The zero-order valence-electron chi connectivity index (χ0n) is 14.3. The molecule has 1 aliphatic rings. The molecule has 0 aliphatic carbocycles. The van der Waals surface area contributed by atoms with Gasteiger partial charge >= 0.3 is 0 Å². The second-order valence-electron chi connectivity index (χ2n) is 6.83. The van der Waals surface area contributed by atoms with Gasteiger partial charge in [-0.25, -0.2) is 4.39 Å². The quantitative estimate of drug-likeness (QED) is 0.767. The van der Waals surface area contributed by atoms with E-state index in [1.54, 1.807) is 6.07 Å². The Morgan fingerprint density at radius 2 is 2.12 bits per heavy atom. The van der Waals surface area contributed by atoms with Crippen LogP contribution in [0.5, 0.6) is 0 Å². The van der Waals surface area contributed by atoms with Crippen molar-refractivity contribution in [1.29, 1.82) is 0 Å². The van der Waals surface area contributed by atoms with Crippen molar-refractivity contribution in [2.45, 2.75) is 32.7 Å². The number of carbonyl (C=O) groups is 1. The Morgan fingerprint density at radius 3 is 2.96 bits per heavy atom. The SMILES string of the molecule is Cc1ccc2[nH]c3c(c2c1)CN(C(=O)CCc1cccc(F)c1)CC3. The van der Waals surface area contributed by atoms with Crippen molar-refractivity contribution in [3.63, 3.8) is 0 Å². The number of halogens is 1. The number of aromatic nitrogens is 1. The summed E-state index contributed by atoms with van der Waals surface area (Å²) in [5.41, 5.74) is 5.72. The molecule has 3 aromatic rings. The first-order chi connectivity index (χ1) is 12.1. The summed E-state index contributed by atoms with van der Waals surface area (Å²) in [5, 5.41) is 1.22. The molecule has 2 aromatic carbocycles. The molecule has 0 bridgehead atoms. The zero-order valence-corrected chi connectivity index (χ0v) is 14.3. The molecule has 0 saturated heterocycles. The minimum Gasteiger partial charge on any atom is -0.358 e. The normalized spacial score (nSPS) is 13.9. The average Bonchev–Trinajstić information content (AvgIpc) is 2.97. The molecule has 0 spiro atoms. The fourth-order valence-corrected chi connectivity index (χ4v) is 3.64. The third-order valence-electron chi connectivity index (χ3n) is 5.00. The van der Waals surface area contributed by atoms with Gasteiger partial charge < -0.3 is 9.88 Å². The third-order valence-corrected chi connectivity index (χ3v) is 5.00. The van der Waals surface area contributed by atoms with Gasteiger partial charge in [-0.2, -0.15) is 0 Å². The lowest BCUT2D eigenvalue weighted by molar-refractivity contribution is -0.132. The second kappa shape index (κ2) is 6.36. The molecule has 0 radical (unpaired) electrons. The number of hydrogen-bond acceptors (Lipinski definition) is 1. The number of hydrogen-bond donors (Lipinski definition) is 1. The highest BCUT2D eigenvalue weighted by molar-refractivity contribution is 5.86. The van der Waals surface area contributed by atoms with E-state index in [4.69, 9.17) is 0 Å². The van der Waals surface area contributed by atoms with Crippen LogP contribution in [0.1, 0.15) is 28.8 Å². The van der Waals surface area contributed by atoms with Gasteiger partial charge in [-0.3, -0.25) is 4.79 Å². The maximum absolute atomic E-state index is 13.3. The predicted octanol–water partition coefficient (Wildman–Crippen LogP) is 4.13. The van der Waals surface area contributed by atoms with Gasteiger partial charge in [0.15, 0.2) is 0 Å². The Balaban J connectivity index is 1.49. The number of nitrogens with zero attached hydrogens (tertiary/aromatic N) is 1. The number of aryl methyl sites for hydroxylation is 2. The van der Waals surface area contributed by atoms with Gasteiger partial charge in [-0.05, 0) is 43.2 Å². The standard InChI is InChI=1S/C21H21FN2O/c1-14-5-7-19-17(11-14)18-13-24(10-9-20(18)23-19)21(25)8-6-15-3-2-4-16(22)12-15/h2-5,7,11-12,23H,6,8-10,13H2,1H3. The van der Waals surface area contributed by atoms with Crippen molar-refractivity contribution in [1.82, 2.24) is 9.88 Å². The van der Waals surface area contributed by atoms with Crippen LogP contribution in [0.25, 0.3) is 10.9 Å². The molecule has 1 aliphatic heterocycles. The molecular weight excluding hydrogens is 315 g/mol. The number of carbonyl (C=O) groups excluding carboxylic acids is 1. The minimum atomic E-state index is -0.248. The van der Waals surface area contributed by atoms with E-state index in [-0.39, 0.29) is 11.7 Å². The van der Waals surface area contributed by atoms with Crippen LogP contribution in [0.2, 0.25) is 0 Å². The first-order valence-corrected chi connectivity index (χ1v) is 8.72. The number of benzene rings is 2. The maximum atomic E-state index is 13.3. The van der Waals surface area contributed by atoms with Crippen molar-refractivity contribution in [2.24, 2.45) is 0 Å². The van der Waals surface area contributed by atoms with Crippen LogP contribution in [0.3, 0.4) is 0 Å². The molecule has 4 heteroatoms. The summed E-state index contributed by atoms with van der Waals surface area (Å²) >= 11 is 0. The fourth-order valence-electron chi connectivity index (χ4n) is 3.64. The molecule has 1 N–H and O–H groups in total. The summed E-state index contributed by atoms with van der Waals surface area (Å²) in [5.74, 6) is -0.112. The Hall–Kier alpha value is -2.62. The van der Waals surface area contributed by atoms with E-state index >= 15 is 0 Å². The Labute approximate surface area is 146 Å². The summed E-state index contributed by atoms with van der Waals surface area (Å²) in [7, 11) is 0. The second-order valence-corrected chi connectivity index (χ2v) is 6.83.